The van der Waals surface area contributed by atoms with Crippen LogP contribution in [-0.2, 0) is 0 Å². The zero-order chi connectivity index (χ0) is 30.8. The number of aromatic nitrogens is 2. The van der Waals surface area contributed by atoms with Crippen molar-refractivity contribution in [2.24, 2.45) is 5.92 Å². The second-order valence-corrected chi connectivity index (χ2v) is 12.8. The van der Waals surface area contributed by atoms with Crippen LogP contribution in [0.15, 0.2) is 152 Å². The summed E-state index contributed by atoms with van der Waals surface area (Å²) in [5, 5.41) is 5.14. The minimum Gasteiger partial charge on any atom is -0.310 e. The average molecular weight is 591 g/mol. The molecule has 2 aromatic heterocycles. The molecule has 0 fully saturated rings. The first-order valence-electron chi connectivity index (χ1n) is 16.3. The third-order valence-electron chi connectivity index (χ3n) is 9.66. The quantitative estimate of drug-likeness (QED) is 0.193. The van der Waals surface area contributed by atoms with Gasteiger partial charge in [-0.1, -0.05) is 110 Å². The highest BCUT2D eigenvalue weighted by molar-refractivity contribution is 6.19. The summed E-state index contributed by atoms with van der Waals surface area (Å²) >= 11 is 0. The predicted octanol–water partition coefficient (Wildman–Crippen LogP) is 12.0. The maximum absolute atomic E-state index is 2.48. The highest BCUT2D eigenvalue weighted by Crippen LogP contribution is 2.41. The van der Waals surface area contributed by atoms with E-state index in [9.17, 15) is 0 Å². The molecule has 0 bridgehead atoms. The van der Waals surface area contributed by atoms with Crippen LogP contribution in [0.5, 0.6) is 0 Å². The number of allylic oxidation sites excluding steroid dienone is 4. The largest absolute Gasteiger partial charge is 0.310 e. The Labute approximate surface area is 269 Å². The Hall–Kier alpha value is -5.60. The van der Waals surface area contributed by atoms with Gasteiger partial charge in [0, 0.05) is 32.9 Å². The molecule has 1 aliphatic carbocycles. The van der Waals surface area contributed by atoms with Gasteiger partial charge in [-0.25, -0.2) is 0 Å². The summed E-state index contributed by atoms with van der Waals surface area (Å²) in [6.07, 6.45) is 8.10. The van der Waals surface area contributed by atoms with Crippen LogP contribution < -0.4 is 0 Å². The van der Waals surface area contributed by atoms with Crippen molar-refractivity contribution in [3.05, 3.63) is 157 Å². The van der Waals surface area contributed by atoms with Crippen molar-refractivity contribution in [2.45, 2.75) is 20.3 Å². The van der Waals surface area contributed by atoms with Gasteiger partial charge in [-0.05, 0) is 96.1 Å². The van der Waals surface area contributed by atoms with Crippen LogP contribution in [0.3, 0.4) is 0 Å². The maximum Gasteiger partial charge on any atom is 0.0562 e. The van der Waals surface area contributed by atoms with E-state index in [1.165, 1.54) is 77.1 Å². The van der Waals surface area contributed by atoms with Crippen LogP contribution in [-0.4, -0.2) is 9.13 Å². The van der Waals surface area contributed by atoms with E-state index in [4.69, 9.17) is 0 Å². The number of benzene rings is 6. The minimum absolute atomic E-state index is 0.560. The SMILES string of the molecule is Cc1ccc2c(c1)c1cc3c4ccccc4n(C4=CCC(C)C=C4)c3cc1n2-c1cc(-c2ccccc2)cc(-c2ccccc2)c1. The van der Waals surface area contributed by atoms with Crippen molar-refractivity contribution < 1.29 is 0 Å². The van der Waals surface area contributed by atoms with Crippen molar-refractivity contribution in [1.82, 2.24) is 9.13 Å². The van der Waals surface area contributed by atoms with Crippen LogP contribution in [0, 0.1) is 12.8 Å². The third kappa shape index (κ3) is 4.25. The Kier molecular flexibility index (Phi) is 6.11. The first-order valence-corrected chi connectivity index (χ1v) is 16.3. The summed E-state index contributed by atoms with van der Waals surface area (Å²) in [5.41, 5.74) is 13.5. The highest BCUT2D eigenvalue weighted by atomic mass is 15.0. The Morgan fingerprint density at radius 2 is 1.11 bits per heavy atom. The van der Waals surface area contributed by atoms with Gasteiger partial charge in [0.2, 0.25) is 0 Å². The van der Waals surface area contributed by atoms with E-state index in [-0.39, 0.29) is 0 Å². The summed E-state index contributed by atoms with van der Waals surface area (Å²) in [6.45, 7) is 4.48. The van der Waals surface area contributed by atoms with Crippen molar-refractivity contribution in [3.8, 4) is 27.9 Å². The van der Waals surface area contributed by atoms with E-state index in [2.05, 4.69) is 175 Å². The molecular formula is C44H34N2. The molecule has 0 aliphatic heterocycles. The molecule has 8 aromatic rings. The number of nitrogens with zero attached hydrogens (tertiary/aromatic N) is 2. The second-order valence-electron chi connectivity index (χ2n) is 12.8. The zero-order valence-electron chi connectivity index (χ0n) is 26.1. The Morgan fingerprint density at radius 1 is 0.500 bits per heavy atom. The van der Waals surface area contributed by atoms with Gasteiger partial charge in [-0.3, -0.25) is 0 Å². The van der Waals surface area contributed by atoms with E-state index in [1.807, 2.05) is 0 Å². The molecule has 2 heteroatoms. The number of rotatable bonds is 4. The minimum atomic E-state index is 0.560. The predicted molar refractivity (Wildman–Crippen MR) is 197 cm³/mol. The van der Waals surface area contributed by atoms with Crippen LogP contribution in [0.25, 0.3) is 77.2 Å². The molecule has 2 heterocycles. The van der Waals surface area contributed by atoms with Gasteiger partial charge in [0.1, 0.15) is 0 Å². The molecule has 1 aliphatic rings. The van der Waals surface area contributed by atoms with Crippen LogP contribution in [0.2, 0.25) is 0 Å². The fourth-order valence-electron chi connectivity index (χ4n) is 7.37. The van der Waals surface area contributed by atoms with Crippen molar-refractivity contribution in [2.75, 3.05) is 0 Å². The monoisotopic (exact) mass is 590 g/mol. The first kappa shape index (κ1) is 26.8. The molecule has 220 valence electrons. The van der Waals surface area contributed by atoms with E-state index >= 15 is 0 Å². The summed E-state index contributed by atoms with van der Waals surface area (Å²) in [5.74, 6) is 0.560. The number of aryl methyl sites for hydroxylation is 1. The van der Waals surface area contributed by atoms with Gasteiger partial charge in [0.15, 0.2) is 0 Å². The van der Waals surface area contributed by atoms with Gasteiger partial charge in [-0.15, -0.1) is 0 Å². The highest BCUT2D eigenvalue weighted by Gasteiger charge is 2.20. The van der Waals surface area contributed by atoms with Crippen LogP contribution in [0.4, 0.5) is 0 Å². The third-order valence-corrected chi connectivity index (χ3v) is 9.66. The molecule has 2 nitrogen and oxygen atoms in total. The van der Waals surface area contributed by atoms with Crippen LogP contribution >= 0.6 is 0 Å². The summed E-state index contributed by atoms with van der Waals surface area (Å²) in [7, 11) is 0. The zero-order valence-corrected chi connectivity index (χ0v) is 26.1. The number of hydrogen-bond donors (Lipinski definition) is 0. The normalized spacial score (nSPS) is 14.9. The molecular weight excluding hydrogens is 556 g/mol. The Morgan fingerprint density at radius 3 is 1.80 bits per heavy atom. The van der Waals surface area contributed by atoms with Gasteiger partial charge < -0.3 is 9.13 Å². The van der Waals surface area contributed by atoms with Crippen molar-refractivity contribution in [3.63, 3.8) is 0 Å². The Balaban J connectivity index is 1.40. The van der Waals surface area contributed by atoms with E-state index in [0.29, 0.717) is 5.92 Å². The molecule has 1 unspecified atom stereocenters. The molecule has 6 aromatic carbocycles. The van der Waals surface area contributed by atoms with Gasteiger partial charge in [0.25, 0.3) is 0 Å². The summed E-state index contributed by atoms with van der Waals surface area (Å²) in [4.78, 5) is 0. The molecule has 0 radical (unpaired) electrons. The lowest BCUT2D eigenvalue weighted by Gasteiger charge is -2.16. The maximum atomic E-state index is 2.48. The second kappa shape index (κ2) is 10.5. The molecule has 0 N–H and O–H groups in total. The fourth-order valence-corrected chi connectivity index (χ4v) is 7.37. The molecule has 0 saturated carbocycles. The number of hydrogen-bond acceptors (Lipinski definition) is 0. The van der Waals surface area contributed by atoms with Crippen molar-refractivity contribution >= 4 is 49.3 Å². The smallest absolute Gasteiger partial charge is 0.0562 e. The standard InChI is InChI=1S/C44H34N2/c1-29-17-20-35(21-18-29)45-41-16-10-9-15-37(41)39-27-40-38-23-30(2)19-22-42(38)46(44(40)28-43(39)45)36-25-33(31-11-5-3-6-12-31)24-34(26-36)32-13-7-4-8-14-32/h3-17,19-29H,18H2,1-2H3. The van der Waals surface area contributed by atoms with Gasteiger partial charge in [0.05, 0.1) is 22.1 Å². The molecule has 0 amide bonds. The first-order chi connectivity index (χ1) is 22.6. The lowest BCUT2D eigenvalue weighted by molar-refractivity contribution is 0.735. The Bertz CT molecular complexity index is 2450. The lowest BCUT2D eigenvalue weighted by Crippen LogP contribution is -2.01. The number of fused-ring (bicyclic) bond motifs is 6. The molecule has 46 heavy (non-hydrogen) atoms. The van der Waals surface area contributed by atoms with Gasteiger partial charge in [-0.2, -0.15) is 0 Å². The van der Waals surface area contributed by atoms with E-state index in [0.717, 1.165) is 12.1 Å². The van der Waals surface area contributed by atoms with E-state index in [1.54, 1.807) is 0 Å². The lowest BCUT2D eigenvalue weighted by atomic mass is 9.98. The fraction of sp³-hybridized carbons (Fsp3) is 0.0909. The summed E-state index contributed by atoms with van der Waals surface area (Å²) < 4.78 is 4.95. The van der Waals surface area contributed by atoms with Crippen molar-refractivity contribution in [1.29, 1.82) is 0 Å². The van der Waals surface area contributed by atoms with E-state index < -0.39 is 0 Å². The van der Waals surface area contributed by atoms with Crippen LogP contribution in [0.1, 0.15) is 18.9 Å². The molecule has 0 spiro atoms. The number of para-hydroxylation sites is 1. The average Bonchev–Trinajstić information content (AvgIpc) is 3.60. The molecule has 9 rings (SSSR count). The van der Waals surface area contributed by atoms with Gasteiger partial charge >= 0.3 is 0 Å². The molecule has 0 saturated heterocycles. The topological polar surface area (TPSA) is 9.86 Å². The summed E-state index contributed by atoms with van der Waals surface area (Å²) in [6, 6.07) is 49.1. The molecule has 1 atom stereocenters.